The molecule has 0 spiro atoms. The molecule has 2 rings (SSSR count). The molecule has 0 aromatic carbocycles. The lowest BCUT2D eigenvalue weighted by Gasteiger charge is -2.21. The quantitative estimate of drug-likeness (QED) is 0.824. The lowest BCUT2D eigenvalue weighted by molar-refractivity contribution is 0.101. The molecule has 20 heavy (non-hydrogen) atoms. The number of aromatic nitrogens is 1. The van der Waals surface area contributed by atoms with Crippen LogP contribution >= 0.6 is 0 Å². The van der Waals surface area contributed by atoms with Crippen LogP contribution in [-0.2, 0) is 4.74 Å². The summed E-state index contributed by atoms with van der Waals surface area (Å²) in [5.74, 6) is 0. The van der Waals surface area contributed by atoms with Crippen molar-refractivity contribution in [2.75, 3.05) is 13.2 Å². The molecule has 0 bridgehead atoms. The Morgan fingerprint density at radius 3 is 2.90 bits per heavy atom. The van der Waals surface area contributed by atoms with Crippen LogP contribution in [-0.4, -0.2) is 24.2 Å². The van der Waals surface area contributed by atoms with E-state index in [1.54, 1.807) is 0 Å². The molecule has 1 N–H and O–H groups in total. The number of ether oxygens (including phenoxy) is 1. The standard InChI is InChI=1S/C17H28N2O/c1-4-18-17(9-5-7-15-8-6-12-20-15)16-11-10-13(2)19-14(16)3/h10-11,15,17-18H,4-9,12H2,1-3H3. The largest absolute Gasteiger partial charge is 0.378 e. The van der Waals surface area contributed by atoms with Crippen LogP contribution in [0, 0.1) is 13.8 Å². The number of hydrogen-bond donors (Lipinski definition) is 1. The molecule has 0 amide bonds. The molecule has 1 aliphatic heterocycles. The Morgan fingerprint density at radius 2 is 2.25 bits per heavy atom. The van der Waals surface area contributed by atoms with E-state index in [2.05, 4.69) is 43.2 Å². The molecule has 0 saturated carbocycles. The lowest BCUT2D eigenvalue weighted by Crippen LogP contribution is -2.22. The maximum absolute atomic E-state index is 5.71. The van der Waals surface area contributed by atoms with Crippen molar-refractivity contribution in [3.05, 3.63) is 29.1 Å². The number of rotatable bonds is 7. The van der Waals surface area contributed by atoms with Crippen molar-refractivity contribution >= 4 is 0 Å². The highest BCUT2D eigenvalue weighted by molar-refractivity contribution is 5.25. The average Bonchev–Trinajstić information content (AvgIpc) is 2.91. The first kappa shape index (κ1) is 15.5. The summed E-state index contributed by atoms with van der Waals surface area (Å²) in [5, 5.41) is 3.60. The zero-order valence-corrected chi connectivity index (χ0v) is 13.1. The van der Waals surface area contributed by atoms with Gasteiger partial charge in [0.2, 0.25) is 0 Å². The van der Waals surface area contributed by atoms with E-state index >= 15 is 0 Å². The zero-order chi connectivity index (χ0) is 14.4. The highest BCUT2D eigenvalue weighted by Crippen LogP contribution is 2.24. The van der Waals surface area contributed by atoms with Gasteiger partial charge in [-0.25, -0.2) is 0 Å². The highest BCUT2D eigenvalue weighted by Gasteiger charge is 2.17. The minimum atomic E-state index is 0.425. The molecule has 2 heterocycles. The summed E-state index contributed by atoms with van der Waals surface area (Å²) in [7, 11) is 0. The molecule has 0 radical (unpaired) electrons. The third-order valence-corrected chi connectivity index (χ3v) is 4.13. The van der Waals surface area contributed by atoms with Crippen LogP contribution in [0.25, 0.3) is 0 Å². The maximum atomic E-state index is 5.71. The van der Waals surface area contributed by atoms with Crippen LogP contribution in [0.5, 0.6) is 0 Å². The summed E-state index contributed by atoms with van der Waals surface area (Å²) in [6.07, 6.45) is 6.57. The van der Waals surface area contributed by atoms with Crippen molar-refractivity contribution in [1.29, 1.82) is 0 Å². The first-order valence-corrected chi connectivity index (χ1v) is 8.00. The molecule has 0 aliphatic carbocycles. The topological polar surface area (TPSA) is 34.1 Å². The highest BCUT2D eigenvalue weighted by atomic mass is 16.5. The predicted octanol–water partition coefficient (Wildman–Crippen LogP) is 3.70. The normalized spacial score (nSPS) is 20.2. The molecule has 1 aromatic heterocycles. The summed E-state index contributed by atoms with van der Waals surface area (Å²) >= 11 is 0. The predicted molar refractivity (Wildman–Crippen MR) is 83.0 cm³/mol. The van der Waals surface area contributed by atoms with Crippen LogP contribution in [0.15, 0.2) is 12.1 Å². The smallest absolute Gasteiger partial charge is 0.0576 e. The minimum absolute atomic E-state index is 0.425. The van der Waals surface area contributed by atoms with E-state index < -0.39 is 0 Å². The van der Waals surface area contributed by atoms with Crippen molar-refractivity contribution in [2.45, 2.75) is 65.0 Å². The molecule has 2 unspecified atom stereocenters. The van der Waals surface area contributed by atoms with E-state index in [0.29, 0.717) is 12.1 Å². The summed E-state index contributed by atoms with van der Waals surface area (Å²) in [6.45, 7) is 8.30. The van der Waals surface area contributed by atoms with Crippen molar-refractivity contribution in [1.82, 2.24) is 10.3 Å². The van der Waals surface area contributed by atoms with Gasteiger partial charge in [-0.05, 0) is 64.1 Å². The molecule has 1 saturated heterocycles. The molecule has 3 heteroatoms. The minimum Gasteiger partial charge on any atom is -0.378 e. The number of aryl methyl sites for hydroxylation is 2. The molecule has 112 valence electrons. The van der Waals surface area contributed by atoms with E-state index in [4.69, 9.17) is 4.74 Å². The molecular formula is C17H28N2O. The average molecular weight is 276 g/mol. The second-order valence-electron chi connectivity index (χ2n) is 5.80. The number of nitrogens with one attached hydrogen (secondary N) is 1. The van der Waals surface area contributed by atoms with Crippen molar-refractivity contribution in [3.8, 4) is 0 Å². The molecule has 1 aliphatic rings. The van der Waals surface area contributed by atoms with Gasteiger partial charge >= 0.3 is 0 Å². The van der Waals surface area contributed by atoms with Gasteiger partial charge in [-0.15, -0.1) is 0 Å². The molecular weight excluding hydrogens is 248 g/mol. The van der Waals surface area contributed by atoms with E-state index in [1.807, 2.05) is 0 Å². The fraction of sp³-hybridized carbons (Fsp3) is 0.706. The Hall–Kier alpha value is -0.930. The van der Waals surface area contributed by atoms with Crippen molar-refractivity contribution in [3.63, 3.8) is 0 Å². The molecule has 1 aromatic rings. The number of hydrogen-bond acceptors (Lipinski definition) is 3. The Balaban J connectivity index is 1.91. The Labute approximate surface area is 123 Å². The monoisotopic (exact) mass is 276 g/mol. The first-order chi connectivity index (χ1) is 9.70. The van der Waals surface area contributed by atoms with Gasteiger partial charge in [-0.1, -0.05) is 13.0 Å². The molecule has 2 atom stereocenters. The van der Waals surface area contributed by atoms with E-state index in [1.165, 1.54) is 37.7 Å². The van der Waals surface area contributed by atoms with Crippen LogP contribution in [0.1, 0.15) is 62.0 Å². The SMILES string of the molecule is CCNC(CCCC1CCCO1)c1ccc(C)nc1C. The van der Waals surface area contributed by atoms with Crippen molar-refractivity contribution < 1.29 is 4.74 Å². The summed E-state index contributed by atoms with van der Waals surface area (Å²) in [5.41, 5.74) is 3.61. The Kier molecular flexibility index (Phi) is 5.99. The fourth-order valence-electron chi connectivity index (χ4n) is 3.10. The third kappa shape index (κ3) is 4.29. The van der Waals surface area contributed by atoms with Crippen LogP contribution < -0.4 is 5.32 Å². The first-order valence-electron chi connectivity index (χ1n) is 8.00. The third-order valence-electron chi connectivity index (χ3n) is 4.13. The molecule has 1 fully saturated rings. The van der Waals surface area contributed by atoms with Crippen LogP contribution in [0.2, 0.25) is 0 Å². The molecule has 3 nitrogen and oxygen atoms in total. The van der Waals surface area contributed by atoms with Crippen LogP contribution in [0.3, 0.4) is 0 Å². The van der Waals surface area contributed by atoms with Crippen molar-refractivity contribution in [2.24, 2.45) is 0 Å². The Morgan fingerprint density at radius 1 is 1.40 bits per heavy atom. The Bertz CT molecular complexity index is 413. The zero-order valence-electron chi connectivity index (χ0n) is 13.1. The van der Waals surface area contributed by atoms with E-state index in [9.17, 15) is 0 Å². The summed E-state index contributed by atoms with van der Waals surface area (Å²) in [6, 6.07) is 4.78. The van der Waals surface area contributed by atoms with E-state index in [-0.39, 0.29) is 0 Å². The van der Waals surface area contributed by atoms with Gasteiger partial charge in [0.15, 0.2) is 0 Å². The van der Waals surface area contributed by atoms with E-state index in [0.717, 1.165) is 24.5 Å². The summed E-state index contributed by atoms with van der Waals surface area (Å²) in [4.78, 5) is 4.60. The second kappa shape index (κ2) is 7.75. The fourth-order valence-corrected chi connectivity index (χ4v) is 3.10. The van der Waals surface area contributed by atoms with Gasteiger partial charge in [0.25, 0.3) is 0 Å². The number of pyridine rings is 1. The van der Waals surface area contributed by atoms with Gasteiger partial charge in [-0.3, -0.25) is 4.98 Å². The number of nitrogens with zero attached hydrogens (tertiary/aromatic N) is 1. The van der Waals surface area contributed by atoms with Gasteiger partial charge in [0.1, 0.15) is 0 Å². The second-order valence-corrected chi connectivity index (χ2v) is 5.80. The summed E-state index contributed by atoms with van der Waals surface area (Å²) < 4.78 is 5.71. The van der Waals surface area contributed by atoms with Crippen LogP contribution in [0.4, 0.5) is 0 Å². The lowest BCUT2D eigenvalue weighted by atomic mass is 9.98. The van der Waals surface area contributed by atoms with Gasteiger partial charge in [0.05, 0.1) is 6.10 Å². The van der Waals surface area contributed by atoms with Gasteiger partial charge in [0, 0.05) is 24.0 Å². The van der Waals surface area contributed by atoms with Gasteiger partial charge < -0.3 is 10.1 Å². The maximum Gasteiger partial charge on any atom is 0.0576 e. The van der Waals surface area contributed by atoms with Gasteiger partial charge in [-0.2, -0.15) is 0 Å².